The number of aryl methyl sites for hydroxylation is 1. The molecular formula is C27H35N3O2S. The molecule has 1 unspecified atom stereocenters. The van der Waals surface area contributed by atoms with Gasteiger partial charge in [-0.2, -0.15) is 0 Å². The van der Waals surface area contributed by atoms with E-state index in [9.17, 15) is 8.42 Å². The molecule has 1 N–H and O–H groups in total. The van der Waals surface area contributed by atoms with E-state index in [0.29, 0.717) is 11.4 Å². The van der Waals surface area contributed by atoms with Crippen LogP contribution in [0.4, 0.5) is 0 Å². The van der Waals surface area contributed by atoms with Crippen molar-refractivity contribution >= 4 is 10.0 Å². The minimum Gasteiger partial charge on any atom is -0.353 e. The maximum Gasteiger partial charge on any atom is 0.241 e. The molecule has 1 atom stereocenters. The Kier molecular flexibility index (Phi) is 6.54. The van der Waals surface area contributed by atoms with Crippen LogP contribution >= 0.6 is 0 Å². The second-order valence-corrected chi connectivity index (χ2v) is 11.1. The van der Waals surface area contributed by atoms with Crippen molar-refractivity contribution in [1.82, 2.24) is 14.2 Å². The van der Waals surface area contributed by atoms with Gasteiger partial charge in [0.1, 0.15) is 0 Å². The van der Waals surface area contributed by atoms with Gasteiger partial charge < -0.3 is 4.57 Å². The van der Waals surface area contributed by atoms with E-state index < -0.39 is 10.0 Å². The molecule has 5 nitrogen and oxygen atoms in total. The minimum atomic E-state index is -3.67. The number of sulfonamides is 1. The Labute approximate surface area is 198 Å². The van der Waals surface area contributed by atoms with Gasteiger partial charge in [-0.05, 0) is 92.1 Å². The van der Waals surface area contributed by atoms with Gasteiger partial charge in [-0.1, -0.05) is 24.3 Å². The van der Waals surface area contributed by atoms with E-state index >= 15 is 0 Å². The highest BCUT2D eigenvalue weighted by Crippen LogP contribution is 2.31. The van der Waals surface area contributed by atoms with Gasteiger partial charge in [0.2, 0.25) is 10.0 Å². The monoisotopic (exact) mass is 465 g/mol. The van der Waals surface area contributed by atoms with Crippen LogP contribution in [0.3, 0.4) is 0 Å². The smallest absolute Gasteiger partial charge is 0.241 e. The SMILES string of the molecule is Cc1c(C)c(C)c(S(=O)(=O)NCC(c2cccn2C)N2CCc3ccccc3C2)c(C)c1C. The molecule has 0 aliphatic carbocycles. The first-order valence-electron chi connectivity index (χ1n) is 11.6. The standard InChI is InChI=1S/C27H35N3O2S/c1-18-19(2)21(4)27(22(5)20(18)3)33(31,32)28-16-26(25-12-9-14-29(25)6)30-15-13-23-10-7-8-11-24(23)17-30/h7-12,14,26,28H,13,15-17H2,1-6H3. The molecule has 6 heteroatoms. The van der Waals surface area contributed by atoms with Crippen LogP contribution in [-0.2, 0) is 30.0 Å². The fourth-order valence-electron chi connectivity index (χ4n) is 5.15. The predicted octanol–water partition coefficient (Wildman–Crippen LogP) is 4.65. The van der Waals surface area contributed by atoms with E-state index in [-0.39, 0.29) is 6.04 Å². The van der Waals surface area contributed by atoms with Crippen molar-refractivity contribution in [2.24, 2.45) is 7.05 Å². The molecule has 0 bridgehead atoms. The van der Waals surface area contributed by atoms with Gasteiger partial charge in [-0.25, -0.2) is 13.1 Å². The number of fused-ring (bicyclic) bond motifs is 1. The van der Waals surface area contributed by atoms with E-state index in [1.54, 1.807) is 0 Å². The highest BCUT2D eigenvalue weighted by molar-refractivity contribution is 7.89. The number of aromatic nitrogens is 1. The lowest BCUT2D eigenvalue weighted by molar-refractivity contribution is 0.174. The molecule has 33 heavy (non-hydrogen) atoms. The van der Waals surface area contributed by atoms with Gasteiger partial charge in [0, 0.05) is 38.6 Å². The van der Waals surface area contributed by atoms with E-state index in [4.69, 9.17) is 0 Å². The summed E-state index contributed by atoms with van der Waals surface area (Å²) < 4.78 is 32.3. The van der Waals surface area contributed by atoms with Crippen LogP contribution in [0, 0.1) is 34.6 Å². The summed E-state index contributed by atoms with van der Waals surface area (Å²) in [4.78, 5) is 2.82. The molecule has 0 amide bonds. The van der Waals surface area contributed by atoms with Gasteiger partial charge in [0.05, 0.1) is 10.9 Å². The topological polar surface area (TPSA) is 54.3 Å². The van der Waals surface area contributed by atoms with Crippen molar-refractivity contribution in [3.05, 3.63) is 87.2 Å². The molecule has 1 aliphatic rings. The zero-order valence-corrected chi connectivity index (χ0v) is 21.4. The molecule has 2 aromatic carbocycles. The van der Waals surface area contributed by atoms with Gasteiger partial charge in [0.25, 0.3) is 0 Å². The summed E-state index contributed by atoms with van der Waals surface area (Å²) in [5.74, 6) is 0. The normalized spacial score (nSPS) is 15.5. The van der Waals surface area contributed by atoms with Crippen LogP contribution < -0.4 is 4.72 Å². The molecule has 0 saturated carbocycles. The van der Waals surface area contributed by atoms with Crippen molar-refractivity contribution in [1.29, 1.82) is 0 Å². The lowest BCUT2D eigenvalue weighted by Gasteiger charge is -2.36. The second-order valence-electron chi connectivity index (χ2n) is 9.35. The Morgan fingerprint density at radius 3 is 2.09 bits per heavy atom. The average Bonchev–Trinajstić information content (AvgIpc) is 3.22. The molecule has 0 radical (unpaired) electrons. The van der Waals surface area contributed by atoms with E-state index in [1.165, 1.54) is 11.1 Å². The molecule has 176 valence electrons. The number of benzene rings is 2. The first-order chi connectivity index (χ1) is 15.6. The fraction of sp³-hybridized carbons (Fsp3) is 0.407. The highest BCUT2D eigenvalue weighted by Gasteiger charge is 2.29. The molecule has 0 fully saturated rings. The van der Waals surface area contributed by atoms with Gasteiger partial charge in [-0.3, -0.25) is 4.90 Å². The van der Waals surface area contributed by atoms with Gasteiger partial charge in [0.15, 0.2) is 0 Å². The number of nitrogens with one attached hydrogen (secondary N) is 1. The zero-order valence-electron chi connectivity index (χ0n) is 20.6. The molecular weight excluding hydrogens is 430 g/mol. The van der Waals surface area contributed by atoms with Crippen molar-refractivity contribution < 1.29 is 8.42 Å². The molecule has 3 aromatic rings. The Morgan fingerprint density at radius 1 is 0.879 bits per heavy atom. The third kappa shape index (κ3) is 4.39. The maximum atomic E-state index is 13.6. The van der Waals surface area contributed by atoms with Gasteiger partial charge in [-0.15, -0.1) is 0 Å². The van der Waals surface area contributed by atoms with Crippen LogP contribution in [0.25, 0.3) is 0 Å². The van der Waals surface area contributed by atoms with Crippen LogP contribution in [0.2, 0.25) is 0 Å². The number of nitrogens with zero attached hydrogens (tertiary/aromatic N) is 2. The largest absolute Gasteiger partial charge is 0.353 e. The lowest BCUT2D eigenvalue weighted by atomic mass is 9.95. The summed E-state index contributed by atoms with van der Waals surface area (Å²) in [5.41, 5.74) is 8.75. The summed E-state index contributed by atoms with van der Waals surface area (Å²) >= 11 is 0. The third-order valence-corrected chi connectivity index (χ3v) is 9.29. The van der Waals surface area contributed by atoms with E-state index in [1.807, 2.05) is 47.0 Å². The lowest BCUT2D eigenvalue weighted by Crippen LogP contribution is -2.41. The first kappa shape index (κ1) is 23.7. The quantitative estimate of drug-likeness (QED) is 0.577. The molecule has 2 heterocycles. The predicted molar refractivity (Wildman–Crippen MR) is 134 cm³/mol. The van der Waals surface area contributed by atoms with Crippen molar-refractivity contribution in [2.75, 3.05) is 13.1 Å². The number of hydrogen-bond acceptors (Lipinski definition) is 3. The Hall–Kier alpha value is -2.41. The third-order valence-electron chi connectivity index (χ3n) is 7.59. The maximum absolute atomic E-state index is 13.6. The van der Waals surface area contributed by atoms with Crippen molar-refractivity contribution in [2.45, 2.75) is 58.5 Å². The highest BCUT2D eigenvalue weighted by atomic mass is 32.2. The molecule has 4 rings (SSSR count). The Balaban J connectivity index is 1.66. The van der Waals surface area contributed by atoms with Crippen LogP contribution in [0.1, 0.15) is 50.7 Å². The van der Waals surface area contributed by atoms with Crippen LogP contribution in [0.5, 0.6) is 0 Å². The summed E-state index contributed by atoms with van der Waals surface area (Å²) in [6.07, 6.45) is 2.99. The fourth-order valence-corrected chi connectivity index (χ4v) is 6.79. The summed E-state index contributed by atoms with van der Waals surface area (Å²) in [6, 6.07) is 12.6. The summed E-state index contributed by atoms with van der Waals surface area (Å²) in [7, 11) is -1.64. The molecule has 1 aliphatic heterocycles. The van der Waals surface area contributed by atoms with Crippen molar-refractivity contribution in [3.8, 4) is 0 Å². The first-order valence-corrected chi connectivity index (χ1v) is 13.1. The Bertz CT molecular complexity index is 1260. The average molecular weight is 466 g/mol. The molecule has 1 aromatic heterocycles. The van der Waals surface area contributed by atoms with E-state index in [2.05, 4.69) is 51.4 Å². The number of rotatable bonds is 6. The summed E-state index contributed by atoms with van der Waals surface area (Å²) in [5, 5.41) is 0. The molecule has 0 spiro atoms. The van der Waals surface area contributed by atoms with E-state index in [0.717, 1.165) is 53.0 Å². The van der Waals surface area contributed by atoms with Crippen LogP contribution in [0.15, 0.2) is 47.5 Å². The molecule has 0 saturated heterocycles. The van der Waals surface area contributed by atoms with Crippen LogP contribution in [-0.4, -0.2) is 31.0 Å². The second kappa shape index (κ2) is 9.09. The number of hydrogen-bond donors (Lipinski definition) is 1. The minimum absolute atomic E-state index is 0.0543. The van der Waals surface area contributed by atoms with Crippen molar-refractivity contribution in [3.63, 3.8) is 0 Å². The zero-order chi connectivity index (χ0) is 23.9. The Morgan fingerprint density at radius 2 is 1.48 bits per heavy atom. The summed E-state index contributed by atoms with van der Waals surface area (Å²) in [6.45, 7) is 12.0. The van der Waals surface area contributed by atoms with Gasteiger partial charge >= 0.3 is 0 Å².